The Morgan fingerprint density at radius 1 is 1.08 bits per heavy atom. The number of benzene rings is 2. The second kappa shape index (κ2) is 5.84. The van der Waals surface area contributed by atoms with Gasteiger partial charge in [0.15, 0.2) is 5.78 Å². The highest BCUT2D eigenvalue weighted by molar-refractivity contribution is 6.07. The van der Waals surface area contributed by atoms with Crippen LogP contribution in [0.15, 0.2) is 41.0 Å². The third-order valence-electron chi connectivity index (χ3n) is 4.66. The van der Waals surface area contributed by atoms with Crippen molar-refractivity contribution in [2.45, 2.75) is 12.8 Å². The molecule has 2 aromatic carbocycles. The molecule has 0 radical (unpaired) electrons. The summed E-state index contributed by atoms with van der Waals surface area (Å²) in [6, 6.07) is 9.17. The number of fused-ring (bicyclic) bond motifs is 2. The van der Waals surface area contributed by atoms with E-state index in [1.165, 1.54) is 0 Å². The number of aryl methyl sites for hydroxylation is 1. The standard InChI is InChI=1S/C20H18O5/c1-11-6-18(23-3)13(8-16(11)22-2)15-10-25-19-9-17-12(4-5-24-17)7-14(19)20(15)21/h4-9,15H,10H2,1-3H3/t15-/m1/s1. The number of carbonyl (C=O) groups is 1. The molecule has 1 aliphatic heterocycles. The maximum absolute atomic E-state index is 13.1. The lowest BCUT2D eigenvalue weighted by molar-refractivity contribution is 0.0894. The van der Waals surface area contributed by atoms with Crippen LogP contribution in [-0.2, 0) is 0 Å². The molecule has 0 aliphatic carbocycles. The van der Waals surface area contributed by atoms with Gasteiger partial charge in [-0.3, -0.25) is 4.79 Å². The van der Waals surface area contributed by atoms with Crippen LogP contribution in [0.1, 0.15) is 27.4 Å². The van der Waals surface area contributed by atoms with E-state index in [0.29, 0.717) is 22.6 Å². The van der Waals surface area contributed by atoms with Crippen molar-refractivity contribution < 1.29 is 23.4 Å². The number of ketones is 1. The molecule has 2 heterocycles. The molecule has 0 bridgehead atoms. The number of furan rings is 1. The molecule has 1 aromatic heterocycles. The van der Waals surface area contributed by atoms with Crippen LogP contribution in [0.4, 0.5) is 0 Å². The fourth-order valence-electron chi connectivity index (χ4n) is 3.32. The van der Waals surface area contributed by atoms with Crippen LogP contribution in [0.5, 0.6) is 17.2 Å². The number of methoxy groups -OCH3 is 2. The van der Waals surface area contributed by atoms with Gasteiger partial charge >= 0.3 is 0 Å². The quantitative estimate of drug-likeness (QED) is 0.719. The van der Waals surface area contributed by atoms with Crippen molar-refractivity contribution in [2.24, 2.45) is 0 Å². The summed E-state index contributed by atoms with van der Waals surface area (Å²) in [5.41, 5.74) is 2.99. The monoisotopic (exact) mass is 338 g/mol. The number of Topliss-reactive ketones (excluding diaryl/α,β-unsaturated/α-hetero) is 1. The van der Waals surface area contributed by atoms with Gasteiger partial charge in [-0.15, -0.1) is 0 Å². The molecule has 5 heteroatoms. The average Bonchev–Trinajstić information content (AvgIpc) is 3.08. The van der Waals surface area contributed by atoms with Gasteiger partial charge in [0.25, 0.3) is 0 Å². The van der Waals surface area contributed by atoms with E-state index in [2.05, 4.69) is 0 Å². The largest absolute Gasteiger partial charge is 0.496 e. The Labute approximate surface area is 145 Å². The lowest BCUT2D eigenvalue weighted by Crippen LogP contribution is -2.26. The zero-order valence-corrected chi connectivity index (χ0v) is 14.3. The molecule has 0 saturated carbocycles. The van der Waals surface area contributed by atoms with Crippen molar-refractivity contribution in [3.8, 4) is 17.2 Å². The number of rotatable bonds is 3. The maximum Gasteiger partial charge on any atom is 0.177 e. The van der Waals surface area contributed by atoms with E-state index in [4.69, 9.17) is 18.6 Å². The molecule has 4 rings (SSSR count). The summed E-state index contributed by atoms with van der Waals surface area (Å²) in [6.45, 7) is 2.19. The molecule has 0 N–H and O–H groups in total. The first-order valence-electron chi connectivity index (χ1n) is 8.03. The van der Waals surface area contributed by atoms with Gasteiger partial charge in [0.05, 0.1) is 32.0 Å². The first kappa shape index (κ1) is 15.6. The minimum Gasteiger partial charge on any atom is -0.496 e. The fourth-order valence-corrected chi connectivity index (χ4v) is 3.32. The van der Waals surface area contributed by atoms with E-state index in [-0.39, 0.29) is 12.4 Å². The Hall–Kier alpha value is -2.95. The first-order valence-corrected chi connectivity index (χ1v) is 8.03. The topological polar surface area (TPSA) is 57.9 Å². The van der Waals surface area contributed by atoms with Crippen LogP contribution in [0.2, 0.25) is 0 Å². The Kier molecular flexibility index (Phi) is 3.64. The number of carbonyl (C=O) groups excluding carboxylic acids is 1. The molecule has 0 amide bonds. The van der Waals surface area contributed by atoms with Gasteiger partial charge in [0.2, 0.25) is 0 Å². The molecule has 0 saturated heterocycles. The lowest BCUT2D eigenvalue weighted by Gasteiger charge is -2.26. The van der Waals surface area contributed by atoms with E-state index < -0.39 is 5.92 Å². The third-order valence-corrected chi connectivity index (χ3v) is 4.66. The van der Waals surface area contributed by atoms with Crippen LogP contribution in [0, 0.1) is 6.92 Å². The summed E-state index contributed by atoms with van der Waals surface area (Å²) in [5.74, 6) is 1.50. The molecule has 0 unspecified atom stereocenters. The molecule has 1 aliphatic rings. The van der Waals surface area contributed by atoms with Crippen LogP contribution >= 0.6 is 0 Å². The van der Waals surface area contributed by atoms with E-state index >= 15 is 0 Å². The second-order valence-corrected chi connectivity index (χ2v) is 6.10. The number of hydrogen-bond acceptors (Lipinski definition) is 5. The SMILES string of the molecule is COc1cc([C@H]2COc3cc4occc4cc3C2=O)c(OC)cc1C. The normalized spacial score (nSPS) is 16.4. The summed E-state index contributed by atoms with van der Waals surface area (Å²) >= 11 is 0. The summed E-state index contributed by atoms with van der Waals surface area (Å²) in [5, 5.41) is 0.879. The number of ether oxygens (including phenoxy) is 3. The first-order chi connectivity index (χ1) is 12.1. The summed E-state index contributed by atoms with van der Waals surface area (Å²) in [4.78, 5) is 13.1. The van der Waals surface area contributed by atoms with Crippen molar-refractivity contribution in [3.63, 3.8) is 0 Å². The van der Waals surface area contributed by atoms with E-state index in [9.17, 15) is 4.79 Å². The third kappa shape index (κ3) is 2.43. The molecule has 25 heavy (non-hydrogen) atoms. The van der Waals surface area contributed by atoms with Crippen molar-refractivity contribution in [2.75, 3.05) is 20.8 Å². The highest BCUT2D eigenvalue weighted by Gasteiger charge is 2.33. The summed E-state index contributed by atoms with van der Waals surface area (Å²) < 4.78 is 22.1. The van der Waals surface area contributed by atoms with Crippen LogP contribution < -0.4 is 14.2 Å². The van der Waals surface area contributed by atoms with Gasteiger partial charge < -0.3 is 18.6 Å². The molecule has 128 valence electrons. The van der Waals surface area contributed by atoms with Gasteiger partial charge in [0, 0.05) is 17.0 Å². The van der Waals surface area contributed by atoms with Gasteiger partial charge in [0.1, 0.15) is 29.4 Å². The Bertz CT molecular complexity index is 970. The van der Waals surface area contributed by atoms with Crippen molar-refractivity contribution in [1.82, 2.24) is 0 Å². The highest BCUT2D eigenvalue weighted by Crippen LogP contribution is 2.40. The average molecular weight is 338 g/mol. The molecule has 0 fully saturated rings. The molecule has 0 spiro atoms. The van der Waals surface area contributed by atoms with E-state index in [0.717, 1.165) is 22.3 Å². The Morgan fingerprint density at radius 3 is 2.64 bits per heavy atom. The fraction of sp³-hybridized carbons (Fsp3) is 0.250. The van der Waals surface area contributed by atoms with Crippen molar-refractivity contribution in [1.29, 1.82) is 0 Å². The van der Waals surface area contributed by atoms with E-state index in [1.54, 1.807) is 26.5 Å². The highest BCUT2D eigenvalue weighted by atomic mass is 16.5. The minimum atomic E-state index is -0.443. The smallest absolute Gasteiger partial charge is 0.177 e. The van der Waals surface area contributed by atoms with Crippen LogP contribution in [0.3, 0.4) is 0 Å². The maximum atomic E-state index is 13.1. The predicted octanol–water partition coefficient (Wildman–Crippen LogP) is 4.12. The number of hydrogen-bond donors (Lipinski definition) is 0. The van der Waals surface area contributed by atoms with Gasteiger partial charge in [-0.2, -0.15) is 0 Å². The van der Waals surface area contributed by atoms with Crippen molar-refractivity contribution in [3.05, 3.63) is 53.3 Å². The Balaban J connectivity index is 1.81. The van der Waals surface area contributed by atoms with E-state index in [1.807, 2.05) is 31.2 Å². The van der Waals surface area contributed by atoms with Gasteiger partial charge in [-0.05, 0) is 36.8 Å². The molecular weight excluding hydrogens is 320 g/mol. The zero-order chi connectivity index (χ0) is 17.6. The van der Waals surface area contributed by atoms with Crippen molar-refractivity contribution >= 4 is 16.8 Å². The predicted molar refractivity (Wildman–Crippen MR) is 93.1 cm³/mol. The summed E-state index contributed by atoms with van der Waals surface area (Å²) in [6.07, 6.45) is 1.60. The second-order valence-electron chi connectivity index (χ2n) is 6.10. The van der Waals surface area contributed by atoms with Crippen LogP contribution in [0.25, 0.3) is 11.0 Å². The molecule has 1 atom stereocenters. The molecular formula is C20H18O5. The Morgan fingerprint density at radius 2 is 1.88 bits per heavy atom. The van der Waals surface area contributed by atoms with Gasteiger partial charge in [-0.25, -0.2) is 0 Å². The lowest BCUT2D eigenvalue weighted by atomic mass is 9.87. The van der Waals surface area contributed by atoms with Gasteiger partial charge in [-0.1, -0.05) is 0 Å². The molecule has 3 aromatic rings. The zero-order valence-electron chi connectivity index (χ0n) is 14.3. The summed E-state index contributed by atoms with van der Waals surface area (Å²) in [7, 11) is 3.21. The minimum absolute atomic E-state index is 0.00792. The molecule has 5 nitrogen and oxygen atoms in total. The van der Waals surface area contributed by atoms with Crippen LogP contribution in [-0.4, -0.2) is 26.6 Å².